The summed E-state index contributed by atoms with van der Waals surface area (Å²) in [6.45, 7) is 6.13. The van der Waals surface area contributed by atoms with Crippen molar-refractivity contribution in [1.82, 2.24) is 15.1 Å². The highest BCUT2D eigenvalue weighted by Gasteiger charge is 2.50. The molecule has 0 spiro atoms. The predicted octanol–water partition coefficient (Wildman–Crippen LogP) is 2.24. The Morgan fingerprint density at radius 2 is 1.76 bits per heavy atom. The fourth-order valence-corrected chi connectivity index (χ4v) is 4.30. The number of hydrogen-bond donors (Lipinski definition) is 1. The first-order chi connectivity index (χ1) is 13.8. The van der Waals surface area contributed by atoms with E-state index in [1.807, 2.05) is 56.3 Å². The molecule has 3 atom stereocenters. The second-order valence-corrected chi connectivity index (χ2v) is 8.03. The van der Waals surface area contributed by atoms with Crippen molar-refractivity contribution in [3.63, 3.8) is 0 Å². The largest absolute Gasteiger partial charge is 0.372 e. The maximum atomic E-state index is 13.3. The summed E-state index contributed by atoms with van der Waals surface area (Å²) < 4.78 is 5.66. The molecule has 0 aliphatic carbocycles. The first-order valence-electron chi connectivity index (χ1n) is 9.85. The van der Waals surface area contributed by atoms with Crippen LogP contribution in [0.15, 0.2) is 42.5 Å². The van der Waals surface area contributed by atoms with E-state index in [4.69, 9.17) is 4.74 Å². The summed E-state index contributed by atoms with van der Waals surface area (Å²) in [7, 11) is 0. The molecule has 0 unspecified atom stereocenters. The van der Waals surface area contributed by atoms with E-state index in [0.717, 1.165) is 21.2 Å². The minimum absolute atomic E-state index is 0.0771. The molecule has 4 rings (SSSR count). The summed E-state index contributed by atoms with van der Waals surface area (Å²) in [4.78, 5) is 41.4. The molecule has 0 radical (unpaired) electrons. The van der Waals surface area contributed by atoms with Crippen molar-refractivity contribution >= 4 is 28.6 Å². The smallest absolute Gasteiger partial charge is 0.325 e. The Morgan fingerprint density at radius 3 is 2.48 bits per heavy atom. The van der Waals surface area contributed by atoms with E-state index < -0.39 is 17.5 Å². The van der Waals surface area contributed by atoms with E-state index in [0.29, 0.717) is 13.1 Å². The van der Waals surface area contributed by atoms with Crippen LogP contribution >= 0.6 is 0 Å². The SMILES string of the molecule is C[C@@H]1CN(C(=O)CN2C(=O)N[C@](C)(c3cccc4ccccc34)C2=O)C[C@@H](C)O1. The molecule has 7 heteroatoms. The maximum absolute atomic E-state index is 13.3. The lowest BCUT2D eigenvalue weighted by Gasteiger charge is -2.35. The van der Waals surface area contributed by atoms with Crippen molar-refractivity contribution in [2.45, 2.75) is 38.5 Å². The van der Waals surface area contributed by atoms with Crippen molar-refractivity contribution in [3.8, 4) is 0 Å². The maximum Gasteiger partial charge on any atom is 0.325 e. The average molecular weight is 395 g/mol. The first-order valence-corrected chi connectivity index (χ1v) is 9.85. The van der Waals surface area contributed by atoms with Gasteiger partial charge in [-0.05, 0) is 37.1 Å². The van der Waals surface area contributed by atoms with Crippen molar-refractivity contribution in [1.29, 1.82) is 0 Å². The number of nitrogens with one attached hydrogen (secondary N) is 1. The minimum atomic E-state index is -1.22. The average Bonchev–Trinajstić information content (AvgIpc) is 2.90. The molecular weight excluding hydrogens is 370 g/mol. The Labute approximate surface area is 169 Å². The van der Waals surface area contributed by atoms with Crippen LogP contribution in [0.2, 0.25) is 0 Å². The van der Waals surface area contributed by atoms with Gasteiger partial charge in [-0.25, -0.2) is 4.79 Å². The molecule has 2 aliphatic heterocycles. The molecule has 2 saturated heterocycles. The molecule has 0 aromatic heterocycles. The highest BCUT2D eigenvalue weighted by atomic mass is 16.5. The molecule has 1 N–H and O–H groups in total. The Balaban J connectivity index is 1.59. The van der Waals surface area contributed by atoms with Crippen LogP contribution in [0, 0.1) is 0 Å². The van der Waals surface area contributed by atoms with E-state index in [1.54, 1.807) is 11.8 Å². The highest BCUT2D eigenvalue weighted by molar-refractivity contribution is 6.10. The van der Waals surface area contributed by atoms with Gasteiger partial charge in [0.05, 0.1) is 12.2 Å². The molecule has 2 aromatic carbocycles. The van der Waals surface area contributed by atoms with Gasteiger partial charge >= 0.3 is 6.03 Å². The van der Waals surface area contributed by atoms with Gasteiger partial charge < -0.3 is 15.0 Å². The zero-order valence-corrected chi connectivity index (χ0v) is 16.8. The molecule has 2 aliphatic rings. The van der Waals surface area contributed by atoms with Crippen LogP contribution in [0.4, 0.5) is 4.79 Å². The van der Waals surface area contributed by atoms with Crippen LogP contribution in [-0.2, 0) is 19.9 Å². The van der Waals surface area contributed by atoms with Gasteiger partial charge in [0.1, 0.15) is 12.1 Å². The fraction of sp³-hybridized carbons (Fsp3) is 0.409. The second-order valence-electron chi connectivity index (χ2n) is 8.03. The molecule has 2 heterocycles. The van der Waals surface area contributed by atoms with Gasteiger partial charge in [0.2, 0.25) is 5.91 Å². The number of amides is 4. The van der Waals surface area contributed by atoms with Gasteiger partial charge in [-0.3, -0.25) is 14.5 Å². The summed E-state index contributed by atoms with van der Waals surface area (Å²) >= 11 is 0. The lowest BCUT2D eigenvalue weighted by Crippen LogP contribution is -2.52. The lowest BCUT2D eigenvalue weighted by molar-refractivity contribution is -0.146. The monoisotopic (exact) mass is 395 g/mol. The summed E-state index contributed by atoms with van der Waals surface area (Å²) in [6.07, 6.45) is -0.154. The number of rotatable bonds is 3. The molecule has 0 bridgehead atoms. The predicted molar refractivity (Wildman–Crippen MR) is 108 cm³/mol. The van der Waals surface area contributed by atoms with Gasteiger partial charge in [-0.15, -0.1) is 0 Å². The van der Waals surface area contributed by atoms with Crippen molar-refractivity contribution in [2.75, 3.05) is 19.6 Å². The number of urea groups is 1. The zero-order chi connectivity index (χ0) is 20.8. The van der Waals surface area contributed by atoms with E-state index in [9.17, 15) is 14.4 Å². The third kappa shape index (κ3) is 3.35. The van der Waals surface area contributed by atoms with Crippen molar-refractivity contribution < 1.29 is 19.1 Å². The number of carbonyl (C=O) groups excluding carboxylic acids is 3. The van der Waals surface area contributed by atoms with Crippen LogP contribution in [0.1, 0.15) is 26.3 Å². The molecule has 4 amide bonds. The quantitative estimate of drug-likeness (QED) is 0.809. The normalized spacial score (nSPS) is 27.4. The Kier molecular flexibility index (Phi) is 4.78. The zero-order valence-electron chi connectivity index (χ0n) is 16.8. The van der Waals surface area contributed by atoms with Crippen LogP contribution in [-0.4, -0.2) is 59.5 Å². The summed E-state index contributed by atoms with van der Waals surface area (Å²) in [5.41, 5.74) is -0.499. The highest BCUT2D eigenvalue weighted by Crippen LogP contribution is 2.33. The standard InChI is InChI=1S/C22H25N3O4/c1-14-11-24(12-15(2)29-14)19(26)13-25-20(27)22(3,23-21(25)28)18-10-6-8-16-7-4-5-9-17(16)18/h4-10,14-15H,11-13H2,1-3H3,(H,23,28)/t14-,15-,22-/m1/s1. The number of imide groups is 1. The number of morpholine rings is 1. The van der Waals surface area contributed by atoms with E-state index >= 15 is 0 Å². The molecule has 152 valence electrons. The van der Waals surface area contributed by atoms with Crippen LogP contribution in [0.5, 0.6) is 0 Å². The Morgan fingerprint density at radius 1 is 1.10 bits per heavy atom. The number of ether oxygens (including phenoxy) is 1. The molecule has 0 saturated carbocycles. The van der Waals surface area contributed by atoms with Crippen LogP contribution < -0.4 is 5.32 Å². The number of carbonyl (C=O) groups is 3. The Hall–Kier alpha value is -2.93. The van der Waals surface area contributed by atoms with Gasteiger partial charge in [0.15, 0.2) is 0 Å². The summed E-state index contributed by atoms with van der Waals surface area (Å²) in [5, 5.41) is 4.69. The number of fused-ring (bicyclic) bond motifs is 1. The van der Waals surface area contributed by atoms with Gasteiger partial charge in [-0.1, -0.05) is 42.5 Å². The molecule has 7 nitrogen and oxygen atoms in total. The second kappa shape index (κ2) is 7.15. The summed E-state index contributed by atoms with van der Waals surface area (Å²) in [5.74, 6) is -0.667. The molecule has 29 heavy (non-hydrogen) atoms. The third-order valence-electron chi connectivity index (χ3n) is 5.67. The van der Waals surface area contributed by atoms with E-state index in [-0.39, 0.29) is 24.7 Å². The number of benzene rings is 2. The molecule has 2 fully saturated rings. The number of nitrogens with zero attached hydrogens (tertiary/aromatic N) is 2. The third-order valence-corrected chi connectivity index (χ3v) is 5.67. The van der Waals surface area contributed by atoms with E-state index in [2.05, 4.69) is 5.32 Å². The van der Waals surface area contributed by atoms with Crippen LogP contribution in [0.3, 0.4) is 0 Å². The van der Waals surface area contributed by atoms with Crippen LogP contribution in [0.25, 0.3) is 10.8 Å². The van der Waals surface area contributed by atoms with E-state index in [1.165, 1.54) is 0 Å². The summed E-state index contributed by atoms with van der Waals surface area (Å²) in [6, 6.07) is 12.9. The number of hydrogen-bond acceptors (Lipinski definition) is 4. The van der Waals surface area contributed by atoms with Gasteiger partial charge in [0.25, 0.3) is 5.91 Å². The Bertz CT molecular complexity index is 976. The molecule has 2 aromatic rings. The topological polar surface area (TPSA) is 79.0 Å². The fourth-order valence-electron chi connectivity index (χ4n) is 4.30. The lowest BCUT2D eigenvalue weighted by atomic mass is 9.88. The van der Waals surface area contributed by atoms with Crippen molar-refractivity contribution in [3.05, 3.63) is 48.0 Å². The van der Waals surface area contributed by atoms with Crippen molar-refractivity contribution in [2.24, 2.45) is 0 Å². The molecular formula is C22H25N3O4. The first kappa shape index (κ1) is 19.4. The van der Waals surface area contributed by atoms with Gasteiger partial charge in [0, 0.05) is 13.1 Å². The minimum Gasteiger partial charge on any atom is -0.372 e. The van der Waals surface area contributed by atoms with Gasteiger partial charge in [-0.2, -0.15) is 0 Å².